The standard InChI is InChI=1S/C16H22O3/c1-11-5-4-6-12(9-11)10-14(16(18)19)13-7-2-3-8-15(13)17/h4-6,9,13-15,17H,2-3,7-8,10H2,1H3,(H,18,19). The summed E-state index contributed by atoms with van der Waals surface area (Å²) in [4.78, 5) is 11.5. The largest absolute Gasteiger partial charge is 0.481 e. The van der Waals surface area contributed by atoms with Crippen LogP contribution < -0.4 is 0 Å². The molecule has 3 nitrogen and oxygen atoms in total. The molecule has 0 saturated heterocycles. The third-order valence-electron chi connectivity index (χ3n) is 4.15. The molecule has 3 unspecified atom stereocenters. The van der Waals surface area contributed by atoms with Crippen LogP contribution in [0.4, 0.5) is 0 Å². The molecule has 0 spiro atoms. The van der Waals surface area contributed by atoms with Crippen molar-refractivity contribution in [1.82, 2.24) is 0 Å². The lowest BCUT2D eigenvalue weighted by molar-refractivity contribution is -0.146. The zero-order chi connectivity index (χ0) is 13.8. The van der Waals surface area contributed by atoms with Crippen LogP contribution in [0.2, 0.25) is 0 Å². The van der Waals surface area contributed by atoms with Gasteiger partial charge < -0.3 is 10.2 Å². The van der Waals surface area contributed by atoms with Crippen molar-refractivity contribution in [3.8, 4) is 0 Å². The number of carboxylic acids is 1. The maximum absolute atomic E-state index is 11.5. The Kier molecular flexibility index (Phi) is 4.59. The molecule has 1 aromatic carbocycles. The number of aryl methyl sites for hydroxylation is 1. The number of aliphatic hydroxyl groups excluding tert-OH is 1. The van der Waals surface area contributed by atoms with E-state index in [1.165, 1.54) is 0 Å². The van der Waals surface area contributed by atoms with E-state index in [-0.39, 0.29) is 5.92 Å². The van der Waals surface area contributed by atoms with Gasteiger partial charge in [0.05, 0.1) is 12.0 Å². The summed E-state index contributed by atoms with van der Waals surface area (Å²) in [6.45, 7) is 2.01. The lowest BCUT2D eigenvalue weighted by Crippen LogP contribution is -2.36. The van der Waals surface area contributed by atoms with Crippen molar-refractivity contribution in [1.29, 1.82) is 0 Å². The highest BCUT2D eigenvalue weighted by atomic mass is 16.4. The highest BCUT2D eigenvalue weighted by Crippen LogP contribution is 2.32. The van der Waals surface area contributed by atoms with Gasteiger partial charge in [0.25, 0.3) is 0 Å². The molecule has 3 atom stereocenters. The zero-order valence-corrected chi connectivity index (χ0v) is 11.4. The number of benzene rings is 1. The van der Waals surface area contributed by atoms with Crippen LogP contribution in [-0.2, 0) is 11.2 Å². The number of aliphatic carboxylic acids is 1. The highest BCUT2D eigenvalue weighted by Gasteiger charge is 2.34. The lowest BCUT2D eigenvalue weighted by Gasteiger charge is -2.32. The minimum atomic E-state index is -0.785. The molecular formula is C16H22O3. The molecule has 0 bridgehead atoms. The Morgan fingerprint density at radius 1 is 1.37 bits per heavy atom. The van der Waals surface area contributed by atoms with Crippen LogP contribution in [0.1, 0.15) is 36.8 Å². The number of carboxylic acid groups (broad SMARTS) is 1. The van der Waals surface area contributed by atoms with E-state index in [2.05, 4.69) is 0 Å². The molecule has 2 rings (SSSR count). The van der Waals surface area contributed by atoms with Crippen LogP contribution in [0.15, 0.2) is 24.3 Å². The lowest BCUT2D eigenvalue weighted by atomic mass is 9.75. The summed E-state index contributed by atoms with van der Waals surface area (Å²) in [5.41, 5.74) is 2.19. The smallest absolute Gasteiger partial charge is 0.307 e. The Morgan fingerprint density at radius 2 is 2.11 bits per heavy atom. The number of hydrogen-bond donors (Lipinski definition) is 2. The van der Waals surface area contributed by atoms with Crippen LogP contribution in [0.5, 0.6) is 0 Å². The average Bonchev–Trinajstić information content (AvgIpc) is 2.37. The van der Waals surface area contributed by atoms with Gasteiger partial charge in [0, 0.05) is 0 Å². The fraction of sp³-hybridized carbons (Fsp3) is 0.562. The van der Waals surface area contributed by atoms with Crippen LogP contribution in [0.25, 0.3) is 0 Å². The third-order valence-corrected chi connectivity index (χ3v) is 4.15. The molecule has 1 aliphatic carbocycles. The maximum atomic E-state index is 11.5. The Labute approximate surface area is 114 Å². The van der Waals surface area contributed by atoms with Crippen molar-refractivity contribution < 1.29 is 15.0 Å². The van der Waals surface area contributed by atoms with Crippen LogP contribution in [0.3, 0.4) is 0 Å². The molecule has 0 aromatic heterocycles. The summed E-state index contributed by atoms with van der Waals surface area (Å²) in [7, 11) is 0. The molecule has 1 aromatic rings. The fourth-order valence-corrected chi connectivity index (χ4v) is 3.12. The molecule has 0 heterocycles. The third kappa shape index (κ3) is 3.57. The van der Waals surface area contributed by atoms with Crippen molar-refractivity contribution in [3.05, 3.63) is 35.4 Å². The van der Waals surface area contributed by atoms with Gasteiger partial charge >= 0.3 is 5.97 Å². The van der Waals surface area contributed by atoms with E-state index in [1.54, 1.807) is 0 Å². The Bertz CT molecular complexity index is 441. The summed E-state index contributed by atoms with van der Waals surface area (Å²) >= 11 is 0. The highest BCUT2D eigenvalue weighted by molar-refractivity contribution is 5.71. The second-order valence-corrected chi connectivity index (χ2v) is 5.65. The average molecular weight is 262 g/mol. The first kappa shape index (κ1) is 14.1. The number of rotatable bonds is 4. The van der Waals surface area contributed by atoms with Gasteiger partial charge in [0.1, 0.15) is 0 Å². The van der Waals surface area contributed by atoms with Crippen molar-refractivity contribution >= 4 is 5.97 Å². The predicted molar refractivity (Wildman–Crippen MR) is 74.0 cm³/mol. The van der Waals surface area contributed by atoms with Crippen molar-refractivity contribution in [2.75, 3.05) is 0 Å². The fourth-order valence-electron chi connectivity index (χ4n) is 3.12. The van der Waals surface area contributed by atoms with Gasteiger partial charge in [-0.1, -0.05) is 42.7 Å². The van der Waals surface area contributed by atoms with Crippen molar-refractivity contribution in [2.45, 2.75) is 45.1 Å². The molecule has 0 aliphatic heterocycles. The summed E-state index contributed by atoms with van der Waals surface area (Å²) in [6.07, 6.45) is 3.65. The molecule has 104 valence electrons. The number of aliphatic hydroxyl groups is 1. The van der Waals surface area contributed by atoms with Crippen LogP contribution in [-0.4, -0.2) is 22.3 Å². The summed E-state index contributed by atoms with van der Waals surface area (Å²) in [6, 6.07) is 7.97. The molecule has 2 N–H and O–H groups in total. The van der Waals surface area contributed by atoms with Crippen molar-refractivity contribution in [2.24, 2.45) is 11.8 Å². The molecule has 1 fully saturated rings. The topological polar surface area (TPSA) is 57.5 Å². The van der Waals surface area contributed by atoms with Gasteiger partial charge in [0.15, 0.2) is 0 Å². The molecule has 1 saturated carbocycles. The molecule has 0 amide bonds. The maximum Gasteiger partial charge on any atom is 0.307 e. The summed E-state index contributed by atoms with van der Waals surface area (Å²) in [5, 5.41) is 19.5. The zero-order valence-electron chi connectivity index (χ0n) is 11.4. The Hall–Kier alpha value is -1.35. The van der Waals surface area contributed by atoms with E-state index in [1.807, 2.05) is 31.2 Å². The molecule has 19 heavy (non-hydrogen) atoms. The summed E-state index contributed by atoms with van der Waals surface area (Å²) in [5.74, 6) is -1.36. The van der Waals surface area contributed by atoms with Gasteiger partial charge in [0.2, 0.25) is 0 Å². The van der Waals surface area contributed by atoms with E-state index in [0.29, 0.717) is 6.42 Å². The van der Waals surface area contributed by atoms with E-state index >= 15 is 0 Å². The monoisotopic (exact) mass is 262 g/mol. The van der Waals surface area contributed by atoms with Crippen LogP contribution >= 0.6 is 0 Å². The van der Waals surface area contributed by atoms with Gasteiger partial charge in [-0.25, -0.2) is 0 Å². The van der Waals surface area contributed by atoms with Gasteiger partial charge in [-0.2, -0.15) is 0 Å². The van der Waals surface area contributed by atoms with Gasteiger partial charge in [-0.3, -0.25) is 4.79 Å². The second-order valence-electron chi connectivity index (χ2n) is 5.65. The Balaban J connectivity index is 2.14. The number of carbonyl (C=O) groups is 1. The van der Waals surface area contributed by atoms with E-state index in [0.717, 1.165) is 36.8 Å². The van der Waals surface area contributed by atoms with Crippen molar-refractivity contribution in [3.63, 3.8) is 0 Å². The molecule has 0 radical (unpaired) electrons. The SMILES string of the molecule is Cc1cccc(CC(C(=O)O)C2CCCCC2O)c1. The van der Waals surface area contributed by atoms with E-state index < -0.39 is 18.0 Å². The minimum Gasteiger partial charge on any atom is -0.481 e. The normalized spacial score (nSPS) is 24.9. The van der Waals surface area contributed by atoms with Gasteiger partial charge in [-0.15, -0.1) is 0 Å². The van der Waals surface area contributed by atoms with Gasteiger partial charge in [-0.05, 0) is 37.7 Å². The minimum absolute atomic E-state index is 0.105. The quantitative estimate of drug-likeness (QED) is 0.877. The summed E-state index contributed by atoms with van der Waals surface area (Å²) < 4.78 is 0. The second kappa shape index (κ2) is 6.20. The predicted octanol–water partition coefficient (Wildman–Crippen LogP) is 2.79. The number of hydrogen-bond acceptors (Lipinski definition) is 2. The first-order valence-electron chi connectivity index (χ1n) is 7.04. The molecule has 3 heteroatoms. The van der Waals surface area contributed by atoms with E-state index in [4.69, 9.17) is 0 Å². The molecule has 1 aliphatic rings. The van der Waals surface area contributed by atoms with E-state index in [9.17, 15) is 15.0 Å². The molecular weight excluding hydrogens is 240 g/mol. The first-order chi connectivity index (χ1) is 9.08. The Morgan fingerprint density at radius 3 is 2.74 bits per heavy atom. The van der Waals surface area contributed by atoms with Crippen LogP contribution in [0, 0.1) is 18.8 Å². The first-order valence-corrected chi connectivity index (χ1v) is 7.04.